The Bertz CT molecular complexity index is 702. The van der Waals surface area contributed by atoms with Crippen molar-refractivity contribution in [2.24, 2.45) is 5.92 Å². The average molecular weight is 400 g/mol. The summed E-state index contributed by atoms with van der Waals surface area (Å²) in [6.45, 7) is 8.78. The van der Waals surface area contributed by atoms with Crippen molar-refractivity contribution in [2.75, 3.05) is 0 Å². The van der Waals surface area contributed by atoms with Crippen LogP contribution in [0.4, 0.5) is 0 Å². The van der Waals surface area contributed by atoms with Gasteiger partial charge in [0.1, 0.15) is 0 Å². The molecule has 1 aliphatic carbocycles. The zero-order valence-electron chi connectivity index (χ0n) is 14.6. The maximum Gasteiger partial charge on any atom is 0.0687 e. The van der Waals surface area contributed by atoms with Gasteiger partial charge in [0.2, 0.25) is 0 Å². The average Bonchev–Trinajstić information content (AvgIpc) is 2.73. The maximum absolute atomic E-state index is 9.04. The molecule has 0 saturated heterocycles. The first kappa shape index (κ1) is 25.7. The van der Waals surface area contributed by atoms with Crippen molar-refractivity contribution < 1.29 is 26.8 Å². The van der Waals surface area contributed by atoms with Crippen LogP contribution in [-0.2, 0) is 28.3 Å². The Balaban J connectivity index is 0. The van der Waals surface area contributed by atoms with E-state index in [-0.39, 0.29) is 53.1 Å². The van der Waals surface area contributed by atoms with Crippen LogP contribution >= 0.6 is 24.8 Å². The molecule has 0 aromatic heterocycles. The van der Waals surface area contributed by atoms with Crippen LogP contribution in [0.2, 0.25) is 0 Å². The molecule has 3 rings (SSSR count). The number of aliphatic hydroxyl groups is 1. The van der Waals surface area contributed by atoms with Crippen molar-refractivity contribution >= 4 is 35.6 Å². The molecule has 0 spiro atoms. The predicted octanol–water partition coefficient (Wildman–Crippen LogP) is 5.90. The summed E-state index contributed by atoms with van der Waals surface area (Å²) in [4.78, 5) is 0. The molecule has 2 aromatic rings. The largest absolute Gasteiger partial charge is 0.392 e. The van der Waals surface area contributed by atoms with Crippen molar-refractivity contribution in [1.29, 1.82) is 0 Å². The van der Waals surface area contributed by atoms with Crippen molar-refractivity contribution in [2.45, 2.75) is 34.3 Å². The Morgan fingerprint density at radius 2 is 1.54 bits per heavy atom. The Kier molecular flexibility index (Phi) is 12.7. The Morgan fingerprint density at radius 3 is 2.00 bits per heavy atom. The van der Waals surface area contributed by atoms with E-state index in [4.69, 9.17) is 5.11 Å². The van der Waals surface area contributed by atoms with Gasteiger partial charge in [-0.05, 0) is 16.3 Å². The van der Waals surface area contributed by atoms with Crippen molar-refractivity contribution in [3.63, 3.8) is 0 Å². The number of halogens is 2. The summed E-state index contributed by atoms with van der Waals surface area (Å²) < 4.78 is 0. The first-order valence-corrected chi connectivity index (χ1v) is 7.40. The standard InChI is InChI=1S/C11H10O.C9H13.2ClH.Ti/c12-8-10-6-3-5-9-4-1-2-7-11(9)10;1-6-5-7(2)9(4)8(6)3;;;/h1-7,12H,8H2;6H,1-4H3;2*1H;/q;-1;;;. The monoisotopic (exact) mass is 399 g/mol. The second-order valence-corrected chi connectivity index (χ2v) is 5.60. The number of aliphatic hydroxyl groups excluding tert-OH is 1. The quantitative estimate of drug-likeness (QED) is 0.467. The first-order valence-electron chi connectivity index (χ1n) is 7.40. The molecule has 0 amide bonds. The number of fused-ring (bicyclic) bond motifs is 1. The second-order valence-electron chi connectivity index (χ2n) is 5.60. The maximum atomic E-state index is 9.04. The summed E-state index contributed by atoms with van der Waals surface area (Å²) in [6.07, 6.45) is 3.36. The molecule has 24 heavy (non-hydrogen) atoms. The van der Waals surface area contributed by atoms with Gasteiger partial charge in [-0.25, -0.2) is 5.57 Å². The molecule has 1 atom stereocenters. The van der Waals surface area contributed by atoms with E-state index in [1.807, 2.05) is 30.3 Å². The van der Waals surface area contributed by atoms with Gasteiger partial charge in [-0.3, -0.25) is 6.08 Å². The number of hydrogen-bond donors (Lipinski definition) is 1. The van der Waals surface area contributed by atoms with Gasteiger partial charge >= 0.3 is 0 Å². The molecular formula is C20H25Cl2OTi-. The molecular weight excluding hydrogens is 375 g/mol. The fourth-order valence-corrected chi connectivity index (χ4v) is 2.59. The van der Waals surface area contributed by atoms with Gasteiger partial charge < -0.3 is 5.11 Å². The van der Waals surface area contributed by atoms with E-state index >= 15 is 0 Å². The van der Waals surface area contributed by atoms with Gasteiger partial charge in [-0.15, -0.1) is 31.7 Å². The third-order valence-corrected chi connectivity index (χ3v) is 4.29. The minimum Gasteiger partial charge on any atom is -0.392 e. The molecule has 0 aliphatic heterocycles. The Labute approximate surface area is 172 Å². The molecule has 0 heterocycles. The molecule has 1 unspecified atom stereocenters. The van der Waals surface area contributed by atoms with Gasteiger partial charge in [0.05, 0.1) is 6.61 Å². The van der Waals surface area contributed by atoms with Crippen LogP contribution in [0.25, 0.3) is 10.8 Å². The van der Waals surface area contributed by atoms with Gasteiger partial charge in [-0.2, -0.15) is 11.1 Å². The van der Waals surface area contributed by atoms with Gasteiger partial charge in [0.25, 0.3) is 0 Å². The van der Waals surface area contributed by atoms with E-state index in [9.17, 15) is 0 Å². The molecule has 0 bridgehead atoms. The summed E-state index contributed by atoms with van der Waals surface area (Å²) in [6, 6.07) is 14.0. The predicted molar refractivity (Wildman–Crippen MR) is 104 cm³/mol. The van der Waals surface area contributed by atoms with E-state index in [1.165, 1.54) is 22.1 Å². The molecule has 1 nitrogen and oxygen atoms in total. The van der Waals surface area contributed by atoms with E-state index in [2.05, 4.69) is 45.9 Å². The van der Waals surface area contributed by atoms with Gasteiger partial charge in [-0.1, -0.05) is 69.2 Å². The van der Waals surface area contributed by atoms with Crippen molar-refractivity contribution in [3.8, 4) is 0 Å². The molecule has 0 radical (unpaired) electrons. The van der Waals surface area contributed by atoms with Crippen LogP contribution in [-0.4, -0.2) is 5.11 Å². The van der Waals surface area contributed by atoms with E-state index in [0.29, 0.717) is 5.92 Å². The summed E-state index contributed by atoms with van der Waals surface area (Å²) in [5.74, 6) is 0.560. The normalized spacial score (nSPS) is 15.4. The number of hydrogen-bond acceptors (Lipinski definition) is 1. The topological polar surface area (TPSA) is 20.2 Å². The van der Waals surface area contributed by atoms with Crippen LogP contribution in [0, 0.1) is 12.0 Å². The third kappa shape index (κ3) is 6.06. The number of allylic oxidation sites excluding steroid dienone is 4. The van der Waals surface area contributed by atoms with Gasteiger partial charge in [0, 0.05) is 21.7 Å². The van der Waals surface area contributed by atoms with Crippen LogP contribution < -0.4 is 0 Å². The summed E-state index contributed by atoms with van der Waals surface area (Å²) in [7, 11) is 0. The number of rotatable bonds is 1. The van der Waals surface area contributed by atoms with Crippen LogP contribution in [0.5, 0.6) is 0 Å². The zero-order chi connectivity index (χ0) is 15.4. The zero-order valence-corrected chi connectivity index (χ0v) is 17.8. The minimum atomic E-state index is 0. The van der Waals surface area contributed by atoms with Crippen molar-refractivity contribution in [3.05, 3.63) is 70.8 Å². The Hall–Kier alpha value is -0.566. The van der Waals surface area contributed by atoms with E-state index in [1.54, 1.807) is 0 Å². The fraction of sp³-hybridized carbons (Fsp3) is 0.300. The Morgan fingerprint density at radius 1 is 0.958 bits per heavy atom. The summed E-state index contributed by atoms with van der Waals surface area (Å²) >= 11 is 0. The molecule has 2 aromatic carbocycles. The third-order valence-electron chi connectivity index (χ3n) is 4.29. The number of benzene rings is 2. The van der Waals surface area contributed by atoms with Crippen molar-refractivity contribution in [1.82, 2.24) is 0 Å². The minimum absolute atomic E-state index is 0. The molecule has 4 heteroatoms. The molecule has 130 valence electrons. The summed E-state index contributed by atoms with van der Waals surface area (Å²) in [5, 5.41) is 11.4. The molecule has 0 saturated carbocycles. The van der Waals surface area contributed by atoms with Gasteiger partial charge in [0.15, 0.2) is 0 Å². The summed E-state index contributed by atoms with van der Waals surface area (Å²) in [5.41, 5.74) is 5.24. The van der Waals surface area contributed by atoms with E-state index < -0.39 is 0 Å². The van der Waals surface area contributed by atoms with E-state index in [0.717, 1.165) is 10.9 Å². The molecule has 1 aliphatic rings. The smallest absolute Gasteiger partial charge is 0.0687 e. The second kappa shape index (κ2) is 11.9. The fourth-order valence-electron chi connectivity index (χ4n) is 2.59. The van der Waals surface area contributed by atoms with Crippen LogP contribution in [0.15, 0.2) is 59.2 Å². The van der Waals surface area contributed by atoms with Crippen LogP contribution in [0.3, 0.4) is 0 Å². The van der Waals surface area contributed by atoms with Crippen LogP contribution in [0.1, 0.15) is 33.3 Å². The SMILES string of the molecule is CC1=[C-]C(C)C(C)=C1C.Cl.Cl.OCc1cccc2ccccc12.[Ti]. The first-order chi connectivity index (χ1) is 10.0. The molecule has 0 fully saturated rings. The molecule has 1 N–H and O–H groups in total.